The van der Waals surface area contributed by atoms with E-state index >= 15 is 0 Å². The average molecular weight is 399 g/mol. The van der Waals surface area contributed by atoms with Crippen molar-refractivity contribution in [2.75, 3.05) is 13.2 Å². The van der Waals surface area contributed by atoms with Crippen molar-refractivity contribution in [3.63, 3.8) is 0 Å². The van der Waals surface area contributed by atoms with Crippen LogP contribution in [-0.4, -0.2) is 47.7 Å². The van der Waals surface area contributed by atoms with Gasteiger partial charge in [-0.3, -0.25) is 29.4 Å². The van der Waals surface area contributed by atoms with Gasteiger partial charge in [-0.15, -0.1) is 0 Å². The Bertz CT molecular complexity index is 893. The molecule has 2 aliphatic rings. The minimum Gasteiger partial charge on any atom is -0.494 e. The van der Waals surface area contributed by atoms with E-state index in [1.807, 2.05) is 0 Å². The first-order valence-electron chi connectivity index (χ1n) is 9.52. The minimum absolute atomic E-state index is 0.0844. The molecule has 1 aromatic carbocycles. The Morgan fingerprint density at radius 2 is 1.86 bits per heavy atom. The topological polar surface area (TPSA) is 142 Å². The number of benzene rings is 1. The van der Waals surface area contributed by atoms with Crippen LogP contribution < -0.4 is 10.1 Å². The summed E-state index contributed by atoms with van der Waals surface area (Å²) in [6.07, 6.45) is 3.70. The van der Waals surface area contributed by atoms with Crippen LogP contribution in [0, 0.1) is 0 Å². The molecular formula is C19H21N5O5. The molecule has 1 atom stereocenters. The standard InChI is InChI=1S/C19H21N5O5/c20-23-21-9-3-1-2-4-10-29-12-5-6-13-14(11-12)19(28)24(18(13)27)15-7-8-16(25)22-17(15)26/h5-6,11,15H,1-4,7-10H2,(H,22,25,26). The summed E-state index contributed by atoms with van der Waals surface area (Å²) < 4.78 is 5.67. The summed E-state index contributed by atoms with van der Waals surface area (Å²) in [4.78, 5) is 52.4. The van der Waals surface area contributed by atoms with Crippen molar-refractivity contribution in [1.82, 2.24) is 10.2 Å². The molecule has 1 fully saturated rings. The number of rotatable bonds is 9. The summed E-state index contributed by atoms with van der Waals surface area (Å²) >= 11 is 0. The molecule has 152 valence electrons. The van der Waals surface area contributed by atoms with Crippen molar-refractivity contribution in [3.8, 4) is 5.75 Å². The van der Waals surface area contributed by atoms with Gasteiger partial charge in [-0.2, -0.15) is 0 Å². The van der Waals surface area contributed by atoms with Gasteiger partial charge in [0.1, 0.15) is 11.8 Å². The lowest BCUT2D eigenvalue weighted by Gasteiger charge is -2.27. The largest absolute Gasteiger partial charge is 0.494 e. The number of nitrogens with one attached hydrogen (secondary N) is 1. The van der Waals surface area contributed by atoms with Gasteiger partial charge in [0.25, 0.3) is 11.8 Å². The van der Waals surface area contributed by atoms with Crippen LogP contribution in [-0.2, 0) is 9.59 Å². The zero-order chi connectivity index (χ0) is 20.8. The van der Waals surface area contributed by atoms with E-state index in [1.54, 1.807) is 6.07 Å². The number of hydrogen-bond donors (Lipinski definition) is 1. The van der Waals surface area contributed by atoms with Crippen LogP contribution >= 0.6 is 0 Å². The smallest absolute Gasteiger partial charge is 0.262 e. The van der Waals surface area contributed by atoms with Gasteiger partial charge in [-0.1, -0.05) is 18.0 Å². The Hall–Kier alpha value is -3.39. The van der Waals surface area contributed by atoms with Crippen molar-refractivity contribution in [3.05, 3.63) is 39.8 Å². The van der Waals surface area contributed by atoms with Gasteiger partial charge in [-0.05, 0) is 43.0 Å². The monoisotopic (exact) mass is 399 g/mol. The number of carbonyl (C=O) groups is 4. The summed E-state index contributed by atoms with van der Waals surface area (Å²) in [6.45, 7) is 0.946. The highest BCUT2D eigenvalue weighted by molar-refractivity contribution is 6.23. The van der Waals surface area contributed by atoms with E-state index in [4.69, 9.17) is 10.3 Å². The van der Waals surface area contributed by atoms with Crippen LogP contribution in [0.25, 0.3) is 10.4 Å². The summed E-state index contributed by atoms with van der Waals surface area (Å²) in [6, 6.07) is 3.69. The molecule has 0 saturated carbocycles. The molecule has 10 nitrogen and oxygen atoms in total. The number of imide groups is 2. The van der Waals surface area contributed by atoms with Crippen LogP contribution in [0.1, 0.15) is 59.2 Å². The molecule has 4 amide bonds. The second-order valence-electron chi connectivity index (χ2n) is 6.87. The number of unbranched alkanes of at least 4 members (excludes halogenated alkanes) is 3. The van der Waals surface area contributed by atoms with E-state index in [9.17, 15) is 19.2 Å². The summed E-state index contributed by atoms with van der Waals surface area (Å²) in [5, 5.41) is 5.65. The lowest BCUT2D eigenvalue weighted by Crippen LogP contribution is -2.54. The van der Waals surface area contributed by atoms with Gasteiger partial charge in [0.2, 0.25) is 11.8 Å². The number of hydrogen-bond acceptors (Lipinski definition) is 6. The lowest BCUT2D eigenvalue weighted by atomic mass is 10.0. The predicted octanol–water partition coefficient (Wildman–Crippen LogP) is 2.34. The highest BCUT2D eigenvalue weighted by Crippen LogP contribution is 2.30. The predicted molar refractivity (Wildman–Crippen MR) is 101 cm³/mol. The summed E-state index contributed by atoms with van der Waals surface area (Å²) in [5.74, 6) is -1.65. The van der Waals surface area contributed by atoms with Crippen LogP contribution in [0.4, 0.5) is 0 Å². The molecule has 3 rings (SSSR count). The molecule has 10 heteroatoms. The number of piperidine rings is 1. The second-order valence-corrected chi connectivity index (χ2v) is 6.87. The third kappa shape index (κ3) is 4.55. The summed E-state index contributed by atoms with van der Waals surface area (Å²) in [5.41, 5.74) is 8.63. The van der Waals surface area contributed by atoms with E-state index in [0.717, 1.165) is 30.6 Å². The number of carbonyl (C=O) groups excluding carboxylic acids is 4. The molecule has 0 radical (unpaired) electrons. The van der Waals surface area contributed by atoms with Gasteiger partial charge in [-0.25, -0.2) is 0 Å². The Kier molecular flexibility index (Phi) is 6.46. The molecule has 0 bridgehead atoms. The molecule has 1 saturated heterocycles. The highest BCUT2D eigenvalue weighted by atomic mass is 16.5. The maximum absolute atomic E-state index is 12.7. The SMILES string of the molecule is [N-]=[N+]=NCCCCCCOc1ccc2c(c1)C(=O)N(C1CCC(=O)NC1=O)C2=O. The van der Waals surface area contributed by atoms with E-state index in [0.29, 0.717) is 18.9 Å². The Morgan fingerprint density at radius 1 is 1.10 bits per heavy atom. The van der Waals surface area contributed by atoms with E-state index < -0.39 is 29.7 Å². The number of nitrogens with zero attached hydrogens (tertiary/aromatic N) is 4. The zero-order valence-electron chi connectivity index (χ0n) is 15.8. The van der Waals surface area contributed by atoms with Crippen molar-refractivity contribution in [2.24, 2.45) is 5.11 Å². The van der Waals surface area contributed by atoms with Crippen molar-refractivity contribution in [2.45, 2.75) is 44.6 Å². The zero-order valence-corrected chi connectivity index (χ0v) is 15.8. The summed E-state index contributed by atoms with van der Waals surface area (Å²) in [7, 11) is 0. The fraction of sp³-hybridized carbons (Fsp3) is 0.474. The quantitative estimate of drug-likeness (QED) is 0.223. The van der Waals surface area contributed by atoms with Gasteiger partial charge in [0, 0.05) is 17.9 Å². The van der Waals surface area contributed by atoms with Crippen LogP contribution in [0.3, 0.4) is 0 Å². The second kappa shape index (κ2) is 9.20. The third-order valence-corrected chi connectivity index (χ3v) is 4.90. The van der Waals surface area contributed by atoms with E-state index in [-0.39, 0.29) is 24.0 Å². The van der Waals surface area contributed by atoms with Gasteiger partial charge < -0.3 is 4.74 Å². The third-order valence-electron chi connectivity index (χ3n) is 4.90. The van der Waals surface area contributed by atoms with Gasteiger partial charge in [0.05, 0.1) is 17.7 Å². The number of amides is 4. The molecular weight excluding hydrogens is 378 g/mol. The molecule has 1 N–H and O–H groups in total. The van der Waals surface area contributed by atoms with Crippen LogP contribution in [0.2, 0.25) is 0 Å². The minimum atomic E-state index is -0.977. The van der Waals surface area contributed by atoms with E-state index in [2.05, 4.69) is 15.3 Å². The molecule has 1 aromatic rings. The lowest BCUT2D eigenvalue weighted by molar-refractivity contribution is -0.136. The number of azide groups is 1. The molecule has 0 spiro atoms. The first-order valence-corrected chi connectivity index (χ1v) is 9.52. The van der Waals surface area contributed by atoms with Gasteiger partial charge >= 0.3 is 0 Å². The maximum Gasteiger partial charge on any atom is 0.262 e. The highest BCUT2D eigenvalue weighted by Gasteiger charge is 2.44. The fourth-order valence-electron chi connectivity index (χ4n) is 3.41. The Morgan fingerprint density at radius 3 is 2.62 bits per heavy atom. The van der Waals surface area contributed by atoms with Gasteiger partial charge in [0.15, 0.2) is 0 Å². The first kappa shape index (κ1) is 20.3. The number of ether oxygens (including phenoxy) is 1. The fourth-order valence-corrected chi connectivity index (χ4v) is 3.41. The van der Waals surface area contributed by atoms with E-state index in [1.165, 1.54) is 12.1 Å². The number of fused-ring (bicyclic) bond motifs is 1. The van der Waals surface area contributed by atoms with Crippen molar-refractivity contribution < 1.29 is 23.9 Å². The van der Waals surface area contributed by atoms with Crippen LogP contribution in [0.5, 0.6) is 5.75 Å². The Labute approximate surface area is 166 Å². The maximum atomic E-state index is 12.7. The van der Waals surface area contributed by atoms with Crippen molar-refractivity contribution >= 4 is 23.6 Å². The van der Waals surface area contributed by atoms with Crippen LogP contribution in [0.15, 0.2) is 23.3 Å². The average Bonchev–Trinajstić information content (AvgIpc) is 2.94. The molecule has 1 unspecified atom stereocenters. The normalized spacial score (nSPS) is 18.3. The molecule has 0 aromatic heterocycles. The first-order chi connectivity index (χ1) is 14.0. The van der Waals surface area contributed by atoms with Crippen molar-refractivity contribution in [1.29, 1.82) is 0 Å². The molecule has 2 heterocycles. The Balaban J connectivity index is 1.57. The molecule has 29 heavy (non-hydrogen) atoms. The molecule has 0 aliphatic carbocycles. The molecule has 2 aliphatic heterocycles.